The molecule has 5 heteroatoms. The van der Waals surface area contributed by atoms with Crippen LogP contribution in [0.4, 0.5) is 5.69 Å². The predicted octanol–water partition coefficient (Wildman–Crippen LogP) is 3.77. The lowest BCUT2D eigenvalue weighted by atomic mass is 9.81. The van der Waals surface area contributed by atoms with Crippen LogP contribution in [0.5, 0.6) is 0 Å². The van der Waals surface area contributed by atoms with E-state index in [4.69, 9.17) is 14.8 Å². The monoisotopic (exact) mass is 348 g/mol. The van der Waals surface area contributed by atoms with Crippen LogP contribution in [-0.2, 0) is 4.74 Å². The summed E-state index contributed by atoms with van der Waals surface area (Å²) in [5, 5.41) is 6.29. The number of rotatable bonds is 5. The SMILES string of the molecule is COCC1CN(c2ccnc3c2c(C2CCC2)nn3-c2ccccc2)C1. The van der Waals surface area contributed by atoms with Gasteiger partial charge in [0.25, 0.3) is 0 Å². The summed E-state index contributed by atoms with van der Waals surface area (Å²) < 4.78 is 7.34. The zero-order valence-corrected chi connectivity index (χ0v) is 15.1. The van der Waals surface area contributed by atoms with Gasteiger partial charge in [0.1, 0.15) is 0 Å². The van der Waals surface area contributed by atoms with E-state index in [1.165, 1.54) is 36.0 Å². The van der Waals surface area contributed by atoms with Gasteiger partial charge < -0.3 is 9.64 Å². The lowest BCUT2D eigenvalue weighted by Gasteiger charge is -2.41. The molecule has 0 amide bonds. The number of ether oxygens (including phenoxy) is 1. The first-order valence-electron chi connectivity index (χ1n) is 9.52. The van der Waals surface area contributed by atoms with Crippen molar-refractivity contribution in [2.24, 2.45) is 5.92 Å². The zero-order valence-electron chi connectivity index (χ0n) is 15.1. The van der Waals surface area contributed by atoms with Crippen LogP contribution in [0.15, 0.2) is 42.6 Å². The molecule has 134 valence electrons. The largest absolute Gasteiger partial charge is 0.384 e. The molecule has 26 heavy (non-hydrogen) atoms. The van der Waals surface area contributed by atoms with Gasteiger partial charge in [-0.25, -0.2) is 9.67 Å². The van der Waals surface area contributed by atoms with Crippen LogP contribution in [-0.4, -0.2) is 41.6 Å². The molecule has 2 fully saturated rings. The molecule has 1 saturated carbocycles. The van der Waals surface area contributed by atoms with Crippen molar-refractivity contribution in [1.82, 2.24) is 14.8 Å². The molecule has 0 atom stereocenters. The minimum Gasteiger partial charge on any atom is -0.384 e. The number of anilines is 1. The van der Waals surface area contributed by atoms with Gasteiger partial charge in [0.05, 0.1) is 29.1 Å². The van der Waals surface area contributed by atoms with Gasteiger partial charge >= 0.3 is 0 Å². The first kappa shape index (κ1) is 15.8. The fraction of sp³-hybridized carbons (Fsp3) is 0.429. The summed E-state index contributed by atoms with van der Waals surface area (Å²) in [6.07, 6.45) is 5.70. The molecular formula is C21H24N4O. The standard InChI is InChI=1S/C21H24N4O/c1-26-14-15-12-24(13-15)18-10-11-22-21-19(18)20(16-6-5-7-16)23-25(21)17-8-3-2-4-9-17/h2-4,8-11,15-16H,5-7,12-14H2,1H3. The summed E-state index contributed by atoms with van der Waals surface area (Å²) in [7, 11) is 1.78. The van der Waals surface area contributed by atoms with E-state index >= 15 is 0 Å². The third-order valence-electron chi connectivity index (χ3n) is 5.77. The summed E-state index contributed by atoms with van der Waals surface area (Å²) in [5.41, 5.74) is 4.57. The Hall–Kier alpha value is -2.40. The molecular weight excluding hydrogens is 324 g/mol. The maximum Gasteiger partial charge on any atom is 0.165 e. The molecule has 5 nitrogen and oxygen atoms in total. The molecule has 1 saturated heterocycles. The number of aromatic nitrogens is 3. The minimum absolute atomic E-state index is 0.571. The number of benzene rings is 1. The van der Waals surface area contributed by atoms with Gasteiger partial charge in [-0.15, -0.1) is 0 Å². The van der Waals surface area contributed by atoms with Crippen LogP contribution in [0.25, 0.3) is 16.7 Å². The highest BCUT2D eigenvalue weighted by Crippen LogP contribution is 2.43. The molecule has 3 heterocycles. The van der Waals surface area contributed by atoms with Crippen LogP contribution in [0.1, 0.15) is 30.9 Å². The van der Waals surface area contributed by atoms with E-state index in [9.17, 15) is 0 Å². The fourth-order valence-corrected chi connectivity index (χ4v) is 4.14. The van der Waals surface area contributed by atoms with Crippen molar-refractivity contribution in [2.45, 2.75) is 25.2 Å². The Balaban J connectivity index is 1.62. The smallest absolute Gasteiger partial charge is 0.165 e. The summed E-state index contributed by atoms with van der Waals surface area (Å²) in [6, 6.07) is 12.5. The molecule has 0 radical (unpaired) electrons. The van der Waals surface area contributed by atoms with E-state index in [0.717, 1.165) is 31.0 Å². The maximum absolute atomic E-state index is 5.31. The fourth-order valence-electron chi connectivity index (χ4n) is 4.14. The lowest BCUT2D eigenvalue weighted by Crippen LogP contribution is -2.48. The van der Waals surface area contributed by atoms with E-state index in [2.05, 4.69) is 35.2 Å². The van der Waals surface area contributed by atoms with E-state index in [1.54, 1.807) is 7.11 Å². The van der Waals surface area contributed by atoms with Gasteiger partial charge in [-0.1, -0.05) is 24.6 Å². The predicted molar refractivity (Wildman–Crippen MR) is 103 cm³/mol. The van der Waals surface area contributed by atoms with E-state index in [1.807, 2.05) is 16.9 Å². The maximum atomic E-state index is 5.31. The number of hydrogen-bond acceptors (Lipinski definition) is 4. The average Bonchev–Trinajstić information content (AvgIpc) is 2.97. The van der Waals surface area contributed by atoms with Crippen molar-refractivity contribution in [2.75, 3.05) is 31.7 Å². The van der Waals surface area contributed by atoms with Crippen molar-refractivity contribution >= 4 is 16.7 Å². The second-order valence-corrected chi connectivity index (χ2v) is 7.52. The number of para-hydroxylation sites is 1. The van der Waals surface area contributed by atoms with Crippen molar-refractivity contribution in [3.8, 4) is 5.69 Å². The van der Waals surface area contributed by atoms with Gasteiger partial charge in [-0.3, -0.25) is 0 Å². The lowest BCUT2D eigenvalue weighted by molar-refractivity contribution is 0.137. The number of hydrogen-bond donors (Lipinski definition) is 0. The van der Waals surface area contributed by atoms with Crippen molar-refractivity contribution in [1.29, 1.82) is 0 Å². The summed E-state index contributed by atoms with van der Waals surface area (Å²) >= 11 is 0. The van der Waals surface area contributed by atoms with Crippen LogP contribution < -0.4 is 4.90 Å². The Morgan fingerprint density at radius 2 is 1.92 bits per heavy atom. The van der Waals surface area contributed by atoms with Crippen LogP contribution in [0.2, 0.25) is 0 Å². The second kappa shape index (κ2) is 6.40. The average molecular weight is 348 g/mol. The number of methoxy groups -OCH3 is 1. The Kier molecular flexibility index (Phi) is 3.89. The highest BCUT2D eigenvalue weighted by molar-refractivity contribution is 5.93. The van der Waals surface area contributed by atoms with Crippen molar-refractivity contribution in [3.63, 3.8) is 0 Å². The van der Waals surface area contributed by atoms with Crippen LogP contribution in [0, 0.1) is 5.92 Å². The van der Waals surface area contributed by atoms with Crippen LogP contribution in [0.3, 0.4) is 0 Å². The van der Waals surface area contributed by atoms with Gasteiger partial charge in [-0.2, -0.15) is 5.10 Å². The van der Waals surface area contributed by atoms with E-state index in [-0.39, 0.29) is 0 Å². The highest BCUT2D eigenvalue weighted by Gasteiger charge is 2.32. The molecule has 0 spiro atoms. The minimum atomic E-state index is 0.571. The molecule has 0 N–H and O–H groups in total. The first-order valence-corrected chi connectivity index (χ1v) is 9.52. The van der Waals surface area contributed by atoms with Gasteiger partial charge in [0.15, 0.2) is 5.65 Å². The molecule has 2 aromatic heterocycles. The summed E-state index contributed by atoms with van der Waals surface area (Å²) in [5.74, 6) is 1.20. The zero-order chi connectivity index (χ0) is 17.5. The highest BCUT2D eigenvalue weighted by atomic mass is 16.5. The van der Waals surface area contributed by atoms with Crippen molar-refractivity contribution in [3.05, 3.63) is 48.3 Å². The number of pyridine rings is 1. The topological polar surface area (TPSA) is 43.2 Å². The van der Waals surface area contributed by atoms with Gasteiger partial charge in [-0.05, 0) is 31.0 Å². The second-order valence-electron chi connectivity index (χ2n) is 7.52. The molecule has 2 aliphatic rings. The molecule has 1 aromatic carbocycles. The third kappa shape index (κ3) is 2.50. The Bertz CT molecular complexity index is 910. The Morgan fingerprint density at radius 3 is 2.62 bits per heavy atom. The van der Waals surface area contributed by atoms with Crippen LogP contribution >= 0.6 is 0 Å². The number of nitrogens with zero attached hydrogens (tertiary/aromatic N) is 4. The molecule has 0 bridgehead atoms. The normalized spacial score (nSPS) is 18.1. The molecule has 1 aliphatic carbocycles. The quantitative estimate of drug-likeness (QED) is 0.704. The summed E-state index contributed by atoms with van der Waals surface area (Å²) in [4.78, 5) is 7.18. The van der Waals surface area contributed by atoms with E-state index in [0.29, 0.717) is 11.8 Å². The Morgan fingerprint density at radius 1 is 1.12 bits per heavy atom. The Labute approximate surface area is 153 Å². The number of fused-ring (bicyclic) bond motifs is 1. The van der Waals surface area contributed by atoms with Gasteiger partial charge in [0.2, 0.25) is 0 Å². The molecule has 5 rings (SSSR count). The summed E-state index contributed by atoms with van der Waals surface area (Å²) in [6.45, 7) is 2.94. The molecule has 1 aliphatic heterocycles. The first-order chi connectivity index (χ1) is 12.8. The third-order valence-corrected chi connectivity index (χ3v) is 5.77. The molecule has 0 unspecified atom stereocenters. The van der Waals surface area contributed by atoms with Crippen molar-refractivity contribution < 1.29 is 4.74 Å². The van der Waals surface area contributed by atoms with E-state index < -0.39 is 0 Å². The van der Waals surface area contributed by atoms with Gasteiger partial charge in [0, 0.05) is 38.2 Å². The molecule has 3 aromatic rings.